The standard InChI is InChI=1S/C13H11ClF2N2/c14-9-3-1-8(2-4-9)7-18-12-6-10(15)5-11(16)13(12)17/h1-6,18H,7,17H2. The first kappa shape index (κ1) is 12.6. The molecule has 94 valence electrons. The maximum Gasteiger partial charge on any atom is 0.151 e. The lowest BCUT2D eigenvalue weighted by Crippen LogP contribution is -2.04. The molecule has 0 aromatic heterocycles. The van der Waals surface area contributed by atoms with Crippen LogP contribution in [0.25, 0.3) is 0 Å². The molecule has 0 amide bonds. The van der Waals surface area contributed by atoms with Crippen LogP contribution in [0.2, 0.25) is 5.02 Å². The summed E-state index contributed by atoms with van der Waals surface area (Å²) in [5.74, 6) is -1.44. The van der Waals surface area contributed by atoms with Crippen LogP contribution in [0.3, 0.4) is 0 Å². The van der Waals surface area contributed by atoms with Gasteiger partial charge < -0.3 is 11.1 Å². The predicted octanol–water partition coefficient (Wildman–Crippen LogP) is 3.81. The van der Waals surface area contributed by atoms with Crippen molar-refractivity contribution in [2.24, 2.45) is 0 Å². The zero-order valence-electron chi connectivity index (χ0n) is 9.38. The highest BCUT2D eigenvalue weighted by Gasteiger charge is 2.07. The van der Waals surface area contributed by atoms with Crippen LogP contribution in [-0.4, -0.2) is 0 Å². The number of benzene rings is 2. The van der Waals surface area contributed by atoms with Crippen LogP contribution < -0.4 is 11.1 Å². The Bertz CT molecular complexity index is 556. The Labute approximate surface area is 108 Å². The van der Waals surface area contributed by atoms with Crippen molar-refractivity contribution in [2.45, 2.75) is 6.54 Å². The number of anilines is 2. The number of rotatable bonds is 3. The maximum atomic E-state index is 13.2. The zero-order valence-corrected chi connectivity index (χ0v) is 10.1. The number of nitrogen functional groups attached to an aromatic ring is 1. The lowest BCUT2D eigenvalue weighted by molar-refractivity contribution is 0.587. The molecule has 0 fully saturated rings. The van der Waals surface area contributed by atoms with Gasteiger partial charge in [0, 0.05) is 17.6 Å². The van der Waals surface area contributed by atoms with E-state index < -0.39 is 11.6 Å². The van der Waals surface area contributed by atoms with E-state index in [1.165, 1.54) is 0 Å². The molecular weight excluding hydrogens is 258 g/mol. The molecule has 2 nitrogen and oxygen atoms in total. The highest BCUT2D eigenvalue weighted by atomic mass is 35.5. The lowest BCUT2D eigenvalue weighted by atomic mass is 10.2. The molecule has 0 bridgehead atoms. The van der Waals surface area contributed by atoms with Crippen molar-refractivity contribution >= 4 is 23.0 Å². The fourth-order valence-electron chi connectivity index (χ4n) is 1.53. The molecule has 0 atom stereocenters. The fraction of sp³-hybridized carbons (Fsp3) is 0.0769. The van der Waals surface area contributed by atoms with Gasteiger partial charge in [0.15, 0.2) is 5.82 Å². The van der Waals surface area contributed by atoms with Crippen molar-refractivity contribution in [3.8, 4) is 0 Å². The normalized spacial score (nSPS) is 10.4. The van der Waals surface area contributed by atoms with Crippen molar-refractivity contribution in [3.63, 3.8) is 0 Å². The first-order valence-electron chi connectivity index (χ1n) is 5.29. The molecule has 2 aromatic rings. The summed E-state index contributed by atoms with van der Waals surface area (Å²) < 4.78 is 26.2. The van der Waals surface area contributed by atoms with Crippen molar-refractivity contribution in [1.29, 1.82) is 0 Å². The molecule has 0 spiro atoms. The molecule has 18 heavy (non-hydrogen) atoms. The Hall–Kier alpha value is -1.81. The molecule has 2 aromatic carbocycles. The van der Waals surface area contributed by atoms with Crippen LogP contribution in [0, 0.1) is 11.6 Å². The minimum Gasteiger partial charge on any atom is -0.395 e. The number of hydrogen-bond acceptors (Lipinski definition) is 2. The van der Waals surface area contributed by atoms with E-state index in [1.54, 1.807) is 12.1 Å². The predicted molar refractivity (Wildman–Crippen MR) is 69.5 cm³/mol. The Morgan fingerprint density at radius 2 is 1.78 bits per heavy atom. The number of nitrogens with two attached hydrogens (primary N) is 1. The third kappa shape index (κ3) is 2.90. The summed E-state index contributed by atoms with van der Waals surface area (Å²) in [6.07, 6.45) is 0. The van der Waals surface area contributed by atoms with Gasteiger partial charge in [-0.3, -0.25) is 0 Å². The molecule has 0 aliphatic rings. The summed E-state index contributed by atoms with van der Waals surface area (Å²) >= 11 is 5.76. The average Bonchev–Trinajstić information content (AvgIpc) is 2.34. The molecular formula is C13H11ClF2N2. The first-order chi connectivity index (χ1) is 8.56. The van der Waals surface area contributed by atoms with Crippen molar-refractivity contribution in [2.75, 3.05) is 11.1 Å². The maximum absolute atomic E-state index is 13.2. The summed E-state index contributed by atoms with van der Waals surface area (Å²) in [4.78, 5) is 0. The van der Waals surface area contributed by atoms with Gasteiger partial charge in [0.2, 0.25) is 0 Å². The van der Waals surface area contributed by atoms with Crippen molar-refractivity contribution in [1.82, 2.24) is 0 Å². The average molecular weight is 269 g/mol. The van der Waals surface area contributed by atoms with E-state index in [-0.39, 0.29) is 11.4 Å². The lowest BCUT2D eigenvalue weighted by Gasteiger charge is -2.10. The molecule has 3 N–H and O–H groups in total. The smallest absolute Gasteiger partial charge is 0.151 e. The topological polar surface area (TPSA) is 38.0 Å². The van der Waals surface area contributed by atoms with Gasteiger partial charge in [-0.05, 0) is 23.8 Å². The van der Waals surface area contributed by atoms with E-state index in [2.05, 4.69) is 5.32 Å². The molecule has 0 saturated carbocycles. The summed E-state index contributed by atoms with van der Waals surface area (Å²) in [6, 6.07) is 9.04. The van der Waals surface area contributed by atoms with Gasteiger partial charge in [-0.2, -0.15) is 0 Å². The molecule has 2 rings (SSSR count). The van der Waals surface area contributed by atoms with Crippen LogP contribution in [0.15, 0.2) is 36.4 Å². The molecule has 0 radical (unpaired) electrons. The summed E-state index contributed by atoms with van der Waals surface area (Å²) in [6.45, 7) is 0.407. The quantitative estimate of drug-likeness (QED) is 0.831. The minimum atomic E-state index is -0.770. The second-order valence-corrected chi connectivity index (χ2v) is 4.27. The van der Waals surface area contributed by atoms with Crippen molar-refractivity contribution in [3.05, 3.63) is 58.6 Å². The van der Waals surface area contributed by atoms with Gasteiger partial charge in [-0.1, -0.05) is 23.7 Å². The second-order valence-electron chi connectivity index (χ2n) is 3.83. The highest BCUT2D eigenvalue weighted by Crippen LogP contribution is 2.24. The van der Waals surface area contributed by atoms with Crippen LogP contribution in [0.5, 0.6) is 0 Å². The van der Waals surface area contributed by atoms with E-state index in [1.807, 2.05) is 12.1 Å². The van der Waals surface area contributed by atoms with E-state index in [4.69, 9.17) is 17.3 Å². The highest BCUT2D eigenvalue weighted by molar-refractivity contribution is 6.30. The van der Waals surface area contributed by atoms with Gasteiger partial charge in [0.1, 0.15) is 5.82 Å². The first-order valence-corrected chi connectivity index (χ1v) is 5.67. The number of halogens is 3. The van der Waals surface area contributed by atoms with Gasteiger partial charge in [-0.15, -0.1) is 0 Å². The molecule has 0 heterocycles. The van der Waals surface area contributed by atoms with Gasteiger partial charge in [-0.25, -0.2) is 8.78 Å². The Kier molecular flexibility index (Phi) is 3.67. The largest absolute Gasteiger partial charge is 0.395 e. The van der Waals surface area contributed by atoms with E-state index >= 15 is 0 Å². The fourth-order valence-corrected chi connectivity index (χ4v) is 1.66. The van der Waals surface area contributed by atoms with Gasteiger partial charge >= 0.3 is 0 Å². The molecule has 5 heteroatoms. The van der Waals surface area contributed by atoms with E-state index in [0.29, 0.717) is 11.6 Å². The Morgan fingerprint density at radius 3 is 2.44 bits per heavy atom. The van der Waals surface area contributed by atoms with Crippen LogP contribution in [0.4, 0.5) is 20.2 Å². The van der Waals surface area contributed by atoms with Gasteiger partial charge in [0.25, 0.3) is 0 Å². The molecule has 0 aliphatic carbocycles. The third-order valence-corrected chi connectivity index (χ3v) is 2.74. The summed E-state index contributed by atoms with van der Waals surface area (Å²) in [5.41, 5.74) is 6.59. The summed E-state index contributed by atoms with van der Waals surface area (Å²) in [5, 5.41) is 3.52. The Balaban J connectivity index is 2.13. The second kappa shape index (κ2) is 5.23. The summed E-state index contributed by atoms with van der Waals surface area (Å²) in [7, 11) is 0. The van der Waals surface area contributed by atoms with Crippen LogP contribution in [-0.2, 0) is 6.54 Å². The number of hydrogen-bond donors (Lipinski definition) is 2. The van der Waals surface area contributed by atoms with Crippen LogP contribution in [0.1, 0.15) is 5.56 Å². The minimum absolute atomic E-state index is 0.0923. The van der Waals surface area contributed by atoms with Gasteiger partial charge in [0.05, 0.1) is 11.4 Å². The monoisotopic (exact) mass is 268 g/mol. The molecule has 0 aliphatic heterocycles. The Morgan fingerprint density at radius 1 is 1.11 bits per heavy atom. The zero-order chi connectivity index (χ0) is 13.1. The third-order valence-electron chi connectivity index (χ3n) is 2.49. The SMILES string of the molecule is Nc1c(F)cc(F)cc1NCc1ccc(Cl)cc1. The number of nitrogens with one attached hydrogen (secondary N) is 1. The van der Waals surface area contributed by atoms with Crippen molar-refractivity contribution < 1.29 is 8.78 Å². The molecule has 0 unspecified atom stereocenters. The van der Waals surface area contributed by atoms with E-state index in [0.717, 1.165) is 17.7 Å². The van der Waals surface area contributed by atoms with Crippen LogP contribution >= 0.6 is 11.6 Å². The molecule has 0 saturated heterocycles. The van der Waals surface area contributed by atoms with E-state index in [9.17, 15) is 8.78 Å².